The van der Waals surface area contributed by atoms with Gasteiger partial charge in [-0.1, -0.05) is 34.1 Å². The first-order valence-electron chi connectivity index (χ1n) is 5.94. The third-order valence-corrected chi connectivity index (χ3v) is 4.62. The van der Waals surface area contributed by atoms with Crippen molar-refractivity contribution in [2.75, 3.05) is 0 Å². The lowest BCUT2D eigenvalue weighted by Gasteiger charge is -2.33. The Kier molecular flexibility index (Phi) is 3.79. The Bertz CT molecular complexity index is 752. The summed E-state index contributed by atoms with van der Waals surface area (Å²) >= 11 is 5.26. The molecule has 0 atom stereocenters. The van der Waals surface area contributed by atoms with Gasteiger partial charge in [0.25, 0.3) is 0 Å². The lowest BCUT2D eigenvalue weighted by atomic mass is 10.0. The Morgan fingerprint density at radius 3 is 2.23 bits per heavy atom. The van der Waals surface area contributed by atoms with E-state index in [1.54, 1.807) is 24.3 Å². The van der Waals surface area contributed by atoms with E-state index in [1.807, 2.05) is 22.6 Å². The molecule has 1 aliphatic rings. The van der Waals surface area contributed by atoms with Gasteiger partial charge < -0.3 is 9.47 Å². The van der Waals surface area contributed by atoms with Crippen molar-refractivity contribution in [2.45, 2.75) is 12.2 Å². The summed E-state index contributed by atoms with van der Waals surface area (Å²) in [6, 6.07) is 9.52. The van der Waals surface area contributed by atoms with Crippen LogP contribution in [0, 0.1) is 3.57 Å². The molecule has 2 aromatic rings. The largest absolute Gasteiger partial charge is 0.507 e. The zero-order valence-electron chi connectivity index (χ0n) is 10.5. The van der Waals surface area contributed by atoms with Crippen molar-refractivity contribution in [1.82, 2.24) is 0 Å². The minimum Gasteiger partial charge on any atom is -0.421 e. The number of fused-ring (bicyclic) bond motifs is 1. The summed E-state index contributed by atoms with van der Waals surface area (Å²) in [5.41, 5.74) is 0.800. The lowest BCUT2D eigenvalue weighted by Crippen LogP contribution is -2.52. The van der Waals surface area contributed by atoms with Crippen LogP contribution in [0.5, 0.6) is 11.5 Å². The maximum absolute atomic E-state index is 13.5. The molecule has 22 heavy (non-hydrogen) atoms. The molecule has 0 N–H and O–H groups in total. The van der Waals surface area contributed by atoms with Crippen LogP contribution in [0.25, 0.3) is 11.1 Å². The van der Waals surface area contributed by atoms with Gasteiger partial charge in [-0.25, -0.2) is 0 Å². The minimum absolute atomic E-state index is 0.234. The number of rotatable bonds is 1. The molecular formula is C14H6BrF4IO2. The second-order valence-electron chi connectivity index (χ2n) is 4.47. The fraction of sp³-hybridized carbons (Fsp3) is 0.143. The summed E-state index contributed by atoms with van der Waals surface area (Å²) in [6.07, 6.45) is -9.48. The third kappa shape index (κ3) is 2.45. The Labute approximate surface area is 144 Å². The van der Waals surface area contributed by atoms with Crippen molar-refractivity contribution in [3.8, 4) is 22.6 Å². The molecule has 8 heteroatoms. The highest BCUT2D eigenvalue weighted by Crippen LogP contribution is 2.53. The quantitative estimate of drug-likeness (QED) is 0.380. The Morgan fingerprint density at radius 1 is 0.909 bits per heavy atom. The molecule has 3 rings (SSSR count). The number of ether oxygens (including phenoxy) is 2. The second kappa shape index (κ2) is 5.26. The van der Waals surface area contributed by atoms with Crippen LogP contribution in [0.2, 0.25) is 0 Å². The minimum atomic E-state index is -4.75. The average molecular weight is 489 g/mol. The molecule has 0 unspecified atom stereocenters. The topological polar surface area (TPSA) is 18.5 Å². The number of benzene rings is 2. The van der Waals surface area contributed by atoms with E-state index in [2.05, 4.69) is 25.4 Å². The Balaban J connectivity index is 2.25. The van der Waals surface area contributed by atoms with E-state index in [0.717, 1.165) is 9.64 Å². The van der Waals surface area contributed by atoms with Gasteiger partial charge in [-0.3, -0.25) is 0 Å². The van der Waals surface area contributed by atoms with Crippen molar-refractivity contribution < 1.29 is 27.0 Å². The Hall–Kier alpha value is -1.03. The van der Waals surface area contributed by atoms with Gasteiger partial charge in [-0.05, 0) is 46.4 Å². The van der Waals surface area contributed by atoms with Crippen LogP contribution in [-0.4, -0.2) is 12.2 Å². The van der Waals surface area contributed by atoms with Gasteiger partial charge in [0.1, 0.15) is 0 Å². The van der Waals surface area contributed by atoms with Gasteiger partial charge in [-0.2, -0.15) is 17.6 Å². The summed E-state index contributed by atoms with van der Waals surface area (Å²) in [4.78, 5) is 0. The highest BCUT2D eigenvalue weighted by Gasteiger charge is 2.66. The van der Waals surface area contributed by atoms with Crippen LogP contribution in [0.4, 0.5) is 17.6 Å². The van der Waals surface area contributed by atoms with Crippen LogP contribution >= 0.6 is 38.5 Å². The summed E-state index contributed by atoms with van der Waals surface area (Å²) in [7, 11) is 0. The molecule has 116 valence electrons. The Morgan fingerprint density at radius 2 is 1.55 bits per heavy atom. The molecule has 0 aromatic heterocycles. The van der Waals surface area contributed by atoms with Gasteiger partial charge in [0.2, 0.25) is 0 Å². The van der Waals surface area contributed by atoms with Crippen molar-refractivity contribution in [3.05, 3.63) is 44.4 Å². The standard InChI is InChI=1S/C14H6BrF4IO2/c15-8-5-6-10-12(22-14(18,19)13(16,17)21-10)11(8)7-3-1-2-4-9(7)20/h1-6H. The van der Waals surface area contributed by atoms with Crippen LogP contribution < -0.4 is 9.47 Å². The molecule has 0 spiro atoms. The molecule has 0 fully saturated rings. The number of hydrogen-bond acceptors (Lipinski definition) is 2. The lowest BCUT2D eigenvalue weighted by molar-refractivity contribution is -0.391. The van der Waals surface area contributed by atoms with E-state index < -0.39 is 23.7 Å². The van der Waals surface area contributed by atoms with Crippen LogP contribution in [0.1, 0.15) is 0 Å². The first-order chi connectivity index (χ1) is 10.2. The predicted molar refractivity (Wildman–Crippen MR) is 83.4 cm³/mol. The number of hydrogen-bond donors (Lipinski definition) is 0. The van der Waals surface area contributed by atoms with Gasteiger partial charge in [0, 0.05) is 13.6 Å². The third-order valence-electron chi connectivity index (χ3n) is 3.02. The zero-order valence-corrected chi connectivity index (χ0v) is 14.3. The molecule has 0 saturated carbocycles. The van der Waals surface area contributed by atoms with E-state index in [-0.39, 0.29) is 5.56 Å². The maximum atomic E-state index is 13.5. The van der Waals surface area contributed by atoms with Crippen molar-refractivity contribution >= 4 is 38.5 Å². The molecule has 0 aliphatic carbocycles. The van der Waals surface area contributed by atoms with Gasteiger partial charge in [0.15, 0.2) is 11.5 Å². The first kappa shape index (κ1) is 15.9. The summed E-state index contributed by atoms with van der Waals surface area (Å²) in [6.45, 7) is 0. The summed E-state index contributed by atoms with van der Waals surface area (Å²) in [5, 5.41) is 0. The number of halogens is 6. The smallest absolute Gasteiger partial charge is 0.421 e. The van der Waals surface area contributed by atoms with E-state index in [9.17, 15) is 17.6 Å². The van der Waals surface area contributed by atoms with Gasteiger partial charge >= 0.3 is 12.2 Å². The summed E-state index contributed by atoms with van der Waals surface area (Å²) < 4.78 is 63.1. The highest BCUT2D eigenvalue weighted by molar-refractivity contribution is 14.1. The van der Waals surface area contributed by atoms with Gasteiger partial charge in [-0.15, -0.1) is 0 Å². The molecule has 0 radical (unpaired) electrons. The molecule has 2 aromatic carbocycles. The molecule has 1 heterocycles. The summed E-state index contributed by atoms with van der Waals surface area (Å²) in [5.74, 6) is -0.858. The predicted octanol–water partition coefficient (Wildman–Crippen LogP) is 5.68. The molecule has 0 saturated heterocycles. The van der Waals surface area contributed by atoms with E-state index in [4.69, 9.17) is 0 Å². The molecule has 0 amide bonds. The monoisotopic (exact) mass is 488 g/mol. The molecule has 2 nitrogen and oxygen atoms in total. The van der Waals surface area contributed by atoms with Crippen LogP contribution in [0.15, 0.2) is 40.9 Å². The molecule has 0 bridgehead atoms. The first-order valence-corrected chi connectivity index (χ1v) is 7.81. The van der Waals surface area contributed by atoms with E-state index >= 15 is 0 Å². The molecular weight excluding hydrogens is 483 g/mol. The average Bonchev–Trinajstić information content (AvgIpc) is 2.42. The highest BCUT2D eigenvalue weighted by atomic mass is 127. The normalized spacial score (nSPS) is 18.1. The van der Waals surface area contributed by atoms with Crippen molar-refractivity contribution in [3.63, 3.8) is 0 Å². The molecule has 1 aliphatic heterocycles. The van der Waals surface area contributed by atoms with Crippen LogP contribution in [-0.2, 0) is 0 Å². The maximum Gasteiger partial charge on any atom is 0.507 e. The van der Waals surface area contributed by atoms with Crippen LogP contribution in [0.3, 0.4) is 0 Å². The second-order valence-corrected chi connectivity index (χ2v) is 6.48. The SMILES string of the molecule is FC1(F)Oc2ccc(Br)c(-c3ccccc3I)c2OC1(F)F. The number of alkyl halides is 4. The fourth-order valence-electron chi connectivity index (χ4n) is 2.02. The van der Waals surface area contributed by atoms with E-state index in [0.29, 0.717) is 10.0 Å². The fourth-order valence-corrected chi connectivity index (χ4v) is 3.20. The van der Waals surface area contributed by atoms with E-state index in [1.165, 1.54) is 6.07 Å². The zero-order chi connectivity index (χ0) is 16.1. The van der Waals surface area contributed by atoms with Crippen molar-refractivity contribution in [2.24, 2.45) is 0 Å². The van der Waals surface area contributed by atoms with Gasteiger partial charge in [0.05, 0.1) is 0 Å². The van der Waals surface area contributed by atoms with Crippen molar-refractivity contribution in [1.29, 1.82) is 0 Å².